The van der Waals surface area contributed by atoms with E-state index >= 15 is 0 Å². The summed E-state index contributed by atoms with van der Waals surface area (Å²) in [7, 11) is 3.37. The van der Waals surface area contributed by atoms with E-state index in [1.165, 1.54) is 4.57 Å². The van der Waals surface area contributed by atoms with Crippen LogP contribution in [-0.2, 0) is 13.1 Å². The Hall–Kier alpha value is -2.87. The Balaban J connectivity index is 2.17. The first kappa shape index (κ1) is 19.5. The van der Waals surface area contributed by atoms with Crippen LogP contribution in [0.1, 0.15) is 29.3 Å². The topological polar surface area (TPSA) is 110 Å². The quantitative estimate of drug-likeness (QED) is 0.675. The third kappa shape index (κ3) is 4.40. The van der Waals surface area contributed by atoms with E-state index in [4.69, 9.17) is 10.5 Å². The molecule has 0 amide bonds. The van der Waals surface area contributed by atoms with E-state index in [0.717, 1.165) is 11.3 Å². The number of aromatic amines is 1. The van der Waals surface area contributed by atoms with Crippen molar-refractivity contribution in [3.63, 3.8) is 0 Å². The minimum absolute atomic E-state index is 0.00361. The fraction of sp³-hybridized carbons (Fsp3) is 0.389. The second-order valence-electron chi connectivity index (χ2n) is 6.11. The lowest BCUT2D eigenvalue weighted by Gasteiger charge is -2.17. The molecule has 0 aliphatic carbocycles. The van der Waals surface area contributed by atoms with Crippen LogP contribution in [0.2, 0.25) is 0 Å². The predicted molar refractivity (Wildman–Crippen MR) is 99.7 cm³/mol. The van der Waals surface area contributed by atoms with Gasteiger partial charge in [0.05, 0.1) is 13.7 Å². The van der Waals surface area contributed by atoms with Crippen LogP contribution >= 0.6 is 0 Å². The maximum atomic E-state index is 12.6. The summed E-state index contributed by atoms with van der Waals surface area (Å²) in [5, 5.41) is 0. The number of hydrogen-bond donors (Lipinski definition) is 2. The smallest absolute Gasteiger partial charge is 0.329 e. The summed E-state index contributed by atoms with van der Waals surface area (Å²) >= 11 is 0. The van der Waals surface area contributed by atoms with Crippen LogP contribution in [0.3, 0.4) is 0 Å². The van der Waals surface area contributed by atoms with E-state index in [2.05, 4.69) is 4.98 Å². The lowest BCUT2D eigenvalue weighted by Crippen LogP contribution is -2.38. The standard InChI is InChI=1S/C18H24N4O4/c1-4-9-22-16(19)15(17(24)20-18(22)25)14(23)11-21(2)10-12-5-7-13(26-3)8-6-12/h5-8H,4,9-11,19H2,1-3H3,(H,20,24,25). The number of Topliss-reactive ketones (excluding diaryl/α,β-unsaturated/α-hetero) is 1. The molecule has 0 fully saturated rings. The van der Waals surface area contributed by atoms with Crippen molar-refractivity contribution in [3.05, 3.63) is 56.2 Å². The number of methoxy groups -OCH3 is 1. The molecule has 140 valence electrons. The van der Waals surface area contributed by atoms with E-state index in [-0.39, 0.29) is 17.9 Å². The van der Waals surface area contributed by atoms with Gasteiger partial charge in [0.1, 0.15) is 17.1 Å². The number of likely N-dealkylation sites (N-methyl/N-ethyl adjacent to an activating group) is 1. The Labute approximate surface area is 151 Å². The molecule has 1 aromatic carbocycles. The zero-order valence-electron chi connectivity index (χ0n) is 15.2. The number of hydrogen-bond acceptors (Lipinski definition) is 6. The van der Waals surface area contributed by atoms with Crippen molar-refractivity contribution in [3.8, 4) is 5.75 Å². The highest BCUT2D eigenvalue weighted by Gasteiger charge is 2.20. The first-order chi connectivity index (χ1) is 12.4. The lowest BCUT2D eigenvalue weighted by atomic mass is 10.1. The van der Waals surface area contributed by atoms with Crippen LogP contribution in [0.4, 0.5) is 5.82 Å². The SMILES string of the molecule is CCCn1c(N)c(C(=O)CN(C)Cc2ccc(OC)cc2)c(=O)[nH]c1=O. The fourth-order valence-electron chi connectivity index (χ4n) is 2.73. The van der Waals surface area contributed by atoms with Crippen LogP contribution in [0.15, 0.2) is 33.9 Å². The number of nitrogens with two attached hydrogens (primary N) is 1. The van der Waals surface area contributed by atoms with Crippen molar-refractivity contribution in [2.24, 2.45) is 0 Å². The molecule has 0 aliphatic rings. The van der Waals surface area contributed by atoms with Crippen molar-refractivity contribution in [2.45, 2.75) is 26.4 Å². The van der Waals surface area contributed by atoms with Crippen molar-refractivity contribution in [1.29, 1.82) is 0 Å². The van der Waals surface area contributed by atoms with Crippen LogP contribution in [0, 0.1) is 0 Å². The number of H-pyrrole nitrogens is 1. The lowest BCUT2D eigenvalue weighted by molar-refractivity contribution is 0.0941. The molecule has 0 aliphatic heterocycles. The first-order valence-electron chi connectivity index (χ1n) is 8.34. The molecule has 2 rings (SSSR count). The monoisotopic (exact) mass is 360 g/mol. The van der Waals surface area contributed by atoms with Gasteiger partial charge in [-0.2, -0.15) is 0 Å². The molecule has 0 saturated heterocycles. The van der Waals surface area contributed by atoms with Crippen LogP contribution < -0.4 is 21.7 Å². The first-order valence-corrected chi connectivity index (χ1v) is 8.34. The summed E-state index contributed by atoms with van der Waals surface area (Å²) in [6, 6.07) is 7.49. The maximum absolute atomic E-state index is 12.6. The molecule has 0 radical (unpaired) electrons. The minimum Gasteiger partial charge on any atom is -0.497 e. The molecule has 2 aromatic rings. The number of ketones is 1. The van der Waals surface area contributed by atoms with Gasteiger partial charge in [-0.1, -0.05) is 19.1 Å². The van der Waals surface area contributed by atoms with Gasteiger partial charge in [0, 0.05) is 13.1 Å². The third-order valence-corrected chi connectivity index (χ3v) is 3.99. The normalized spacial score (nSPS) is 10.9. The van der Waals surface area contributed by atoms with E-state index in [1.54, 1.807) is 19.1 Å². The van der Waals surface area contributed by atoms with Gasteiger partial charge in [-0.15, -0.1) is 0 Å². The molecular weight excluding hydrogens is 336 g/mol. The number of benzene rings is 1. The Morgan fingerprint density at radius 2 is 1.92 bits per heavy atom. The highest BCUT2D eigenvalue weighted by molar-refractivity contribution is 6.01. The third-order valence-electron chi connectivity index (χ3n) is 3.99. The molecule has 0 bridgehead atoms. The average Bonchev–Trinajstić information content (AvgIpc) is 2.59. The van der Waals surface area contributed by atoms with Gasteiger partial charge in [0.2, 0.25) is 0 Å². The molecule has 0 spiro atoms. The molecule has 8 nitrogen and oxygen atoms in total. The van der Waals surface area contributed by atoms with Gasteiger partial charge >= 0.3 is 5.69 Å². The molecule has 1 heterocycles. The van der Waals surface area contributed by atoms with Crippen molar-refractivity contribution < 1.29 is 9.53 Å². The molecule has 3 N–H and O–H groups in total. The van der Waals surface area contributed by atoms with Gasteiger partial charge in [-0.3, -0.25) is 24.0 Å². The second-order valence-corrected chi connectivity index (χ2v) is 6.11. The van der Waals surface area contributed by atoms with Crippen LogP contribution in [-0.4, -0.2) is 40.9 Å². The number of ether oxygens (including phenoxy) is 1. The number of rotatable bonds is 8. The Kier molecular flexibility index (Phi) is 6.35. The van der Waals surface area contributed by atoms with Gasteiger partial charge in [0.25, 0.3) is 5.56 Å². The number of nitrogens with one attached hydrogen (secondary N) is 1. The summed E-state index contributed by atoms with van der Waals surface area (Å²) < 4.78 is 6.34. The molecule has 26 heavy (non-hydrogen) atoms. The Bertz CT molecular complexity index is 884. The molecule has 0 saturated carbocycles. The van der Waals surface area contributed by atoms with E-state index in [0.29, 0.717) is 19.5 Å². The van der Waals surface area contributed by atoms with Crippen molar-refractivity contribution in [2.75, 3.05) is 26.4 Å². The summed E-state index contributed by atoms with van der Waals surface area (Å²) in [5.41, 5.74) is 5.41. The van der Waals surface area contributed by atoms with E-state index in [1.807, 2.05) is 31.2 Å². The van der Waals surface area contributed by atoms with Crippen molar-refractivity contribution >= 4 is 11.6 Å². The van der Waals surface area contributed by atoms with Gasteiger partial charge in [0.15, 0.2) is 5.78 Å². The summed E-state index contributed by atoms with van der Waals surface area (Å²) in [6.07, 6.45) is 0.654. The second kappa shape index (κ2) is 8.48. The zero-order valence-corrected chi connectivity index (χ0v) is 15.2. The number of nitrogen functional groups attached to an aromatic ring is 1. The highest BCUT2D eigenvalue weighted by atomic mass is 16.5. The Morgan fingerprint density at radius 1 is 1.27 bits per heavy atom. The van der Waals surface area contributed by atoms with Crippen molar-refractivity contribution in [1.82, 2.24) is 14.5 Å². The number of anilines is 1. The van der Waals surface area contributed by atoms with E-state index < -0.39 is 17.0 Å². The fourth-order valence-corrected chi connectivity index (χ4v) is 2.73. The molecule has 1 aromatic heterocycles. The number of carbonyl (C=O) groups excluding carboxylic acids is 1. The molecular formula is C18H24N4O4. The predicted octanol–water partition coefficient (Wildman–Crippen LogP) is 0.852. The summed E-state index contributed by atoms with van der Waals surface area (Å²) in [4.78, 5) is 40.4. The Morgan fingerprint density at radius 3 is 2.50 bits per heavy atom. The maximum Gasteiger partial charge on any atom is 0.329 e. The molecule has 0 atom stereocenters. The largest absolute Gasteiger partial charge is 0.497 e. The molecule has 0 unspecified atom stereocenters. The van der Waals surface area contributed by atoms with E-state index in [9.17, 15) is 14.4 Å². The van der Waals surface area contributed by atoms with Gasteiger partial charge < -0.3 is 10.5 Å². The number of carbonyl (C=O) groups is 1. The molecule has 8 heteroatoms. The van der Waals surface area contributed by atoms with Gasteiger partial charge in [-0.05, 0) is 31.2 Å². The average molecular weight is 360 g/mol. The highest BCUT2D eigenvalue weighted by Crippen LogP contribution is 2.13. The minimum atomic E-state index is -0.747. The number of nitrogens with zero attached hydrogens (tertiary/aromatic N) is 2. The van der Waals surface area contributed by atoms with Crippen LogP contribution in [0.25, 0.3) is 0 Å². The van der Waals surface area contributed by atoms with Crippen LogP contribution in [0.5, 0.6) is 5.75 Å². The summed E-state index contributed by atoms with van der Waals surface area (Å²) in [6.45, 7) is 2.73. The number of aromatic nitrogens is 2. The zero-order chi connectivity index (χ0) is 19.3. The van der Waals surface area contributed by atoms with Gasteiger partial charge in [-0.25, -0.2) is 4.79 Å². The summed E-state index contributed by atoms with van der Waals surface area (Å²) in [5.74, 6) is 0.248.